The van der Waals surface area contributed by atoms with E-state index in [4.69, 9.17) is 0 Å². The summed E-state index contributed by atoms with van der Waals surface area (Å²) < 4.78 is 38.0. The van der Waals surface area contributed by atoms with Gasteiger partial charge >= 0.3 is 6.18 Å². The fourth-order valence-electron chi connectivity index (χ4n) is 2.78. The van der Waals surface area contributed by atoms with Crippen LogP contribution < -0.4 is 10.6 Å². The third kappa shape index (κ3) is 8.84. The zero-order chi connectivity index (χ0) is 18.8. The summed E-state index contributed by atoms with van der Waals surface area (Å²) in [7, 11) is 1.68. The Morgan fingerprint density at radius 2 is 1.93 bits per heavy atom. The second-order valence-corrected chi connectivity index (χ2v) is 6.14. The van der Waals surface area contributed by atoms with E-state index in [9.17, 15) is 13.2 Å². The van der Waals surface area contributed by atoms with E-state index >= 15 is 0 Å². The van der Waals surface area contributed by atoms with Gasteiger partial charge in [0.2, 0.25) is 0 Å². The van der Waals surface area contributed by atoms with Crippen LogP contribution in [0.25, 0.3) is 0 Å². The summed E-state index contributed by atoms with van der Waals surface area (Å²) in [5.41, 5.74) is -0.345. The molecule has 0 amide bonds. The predicted octanol–water partition coefficient (Wildman–Crippen LogP) is 3.33. The summed E-state index contributed by atoms with van der Waals surface area (Å²) in [5, 5.41) is 6.27. The molecule has 2 rings (SSSR count). The Bertz CT molecular complexity index is 659. The minimum absolute atomic E-state index is 0. The number of likely N-dealkylation sites (tertiary alicyclic amines) is 1. The van der Waals surface area contributed by atoms with Crippen molar-refractivity contribution in [1.82, 2.24) is 15.5 Å². The molecule has 8 heteroatoms. The van der Waals surface area contributed by atoms with Crippen molar-refractivity contribution in [3.8, 4) is 11.8 Å². The maximum Gasteiger partial charge on any atom is 0.416 e. The molecule has 0 aliphatic carbocycles. The van der Waals surface area contributed by atoms with Gasteiger partial charge in [-0.1, -0.05) is 24.3 Å². The molecule has 1 aliphatic rings. The molecule has 1 fully saturated rings. The van der Waals surface area contributed by atoms with Crippen LogP contribution in [0.5, 0.6) is 0 Å². The normalized spacial score (nSPS) is 15.3. The highest BCUT2D eigenvalue weighted by Gasteiger charge is 2.30. The second kappa shape index (κ2) is 12.1. The van der Waals surface area contributed by atoms with E-state index in [-0.39, 0.29) is 24.0 Å². The van der Waals surface area contributed by atoms with Crippen LogP contribution in [-0.2, 0) is 6.18 Å². The quantitative estimate of drug-likeness (QED) is 0.292. The van der Waals surface area contributed by atoms with Crippen LogP contribution in [-0.4, -0.2) is 50.6 Å². The van der Waals surface area contributed by atoms with Crippen LogP contribution in [0.4, 0.5) is 13.2 Å². The van der Waals surface area contributed by atoms with E-state index in [2.05, 4.69) is 32.4 Å². The monoisotopic (exact) mass is 494 g/mol. The first-order chi connectivity index (χ1) is 12.5. The summed E-state index contributed by atoms with van der Waals surface area (Å²) >= 11 is 0. The van der Waals surface area contributed by atoms with Gasteiger partial charge in [0.05, 0.1) is 12.1 Å². The van der Waals surface area contributed by atoms with E-state index < -0.39 is 11.7 Å². The van der Waals surface area contributed by atoms with Gasteiger partial charge in [0.15, 0.2) is 5.96 Å². The van der Waals surface area contributed by atoms with Gasteiger partial charge in [-0.15, -0.1) is 24.0 Å². The van der Waals surface area contributed by atoms with Crippen molar-refractivity contribution in [2.75, 3.05) is 39.8 Å². The van der Waals surface area contributed by atoms with E-state index in [0.717, 1.165) is 38.3 Å². The fourth-order valence-corrected chi connectivity index (χ4v) is 2.78. The van der Waals surface area contributed by atoms with Crippen molar-refractivity contribution < 1.29 is 13.2 Å². The van der Waals surface area contributed by atoms with E-state index in [1.807, 2.05) is 0 Å². The van der Waals surface area contributed by atoms with Gasteiger partial charge in [0.1, 0.15) is 0 Å². The number of benzene rings is 1. The average Bonchev–Trinajstić information content (AvgIpc) is 2.64. The lowest BCUT2D eigenvalue weighted by Gasteiger charge is -2.26. The minimum atomic E-state index is -4.35. The zero-order valence-corrected chi connectivity index (χ0v) is 17.7. The van der Waals surface area contributed by atoms with E-state index in [1.54, 1.807) is 13.1 Å². The Labute approximate surface area is 176 Å². The molecular weight excluding hydrogens is 468 g/mol. The molecule has 0 radical (unpaired) electrons. The molecule has 0 saturated carbocycles. The van der Waals surface area contributed by atoms with Crippen LogP contribution in [0.1, 0.15) is 30.4 Å². The number of piperidine rings is 1. The van der Waals surface area contributed by atoms with Gasteiger partial charge in [-0.25, -0.2) is 0 Å². The summed E-state index contributed by atoms with van der Waals surface area (Å²) in [6.07, 6.45) is -0.510. The highest BCUT2D eigenvalue weighted by Crippen LogP contribution is 2.29. The smallest absolute Gasteiger partial charge is 0.355 e. The van der Waals surface area contributed by atoms with Crippen molar-refractivity contribution in [2.24, 2.45) is 4.99 Å². The van der Waals surface area contributed by atoms with Crippen LogP contribution >= 0.6 is 24.0 Å². The molecule has 1 saturated heterocycles. The molecule has 27 heavy (non-hydrogen) atoms. The fraction of sp³-hybridized carbons (Fsp3) is 0.526. The van der Waals surface area contributed by atoms with Crippen molar-refractivity contribution in [3.63, 3.8) is 0 Å². The molecule has 0 atom stereocenters. The minimum Gasteiger partial charge on any atom is -0.355 e. The number of rotatable bonds is 4. The summed E-state index contributed by atoms with van der Waals surface area (Å²) in [6, 6.07) is 5.02. The largest absolute Gasteiger partial charge is 0.416 e. The Hall–Kier alpha value is -1.47. The van der Waals surface area contributed by atoms with Gasteiger partial charge in [0.25, 0.3) is 0 Å². The number of guanidine groups is 1. The van der Waals surface area contributed by atoms with E-state index in [1.165, 1.54) is 25.3 Å². The van der Waals surface area contributed by atoms with Crippen LogP contribution in [0.3, 0.4) is 0 Å². The number of nitrogens with zero attached hydrogens (tertiary/aromatic N) is 2. The van der Waals surface area contributed by atoms with Crippen molar-refractivity contribution in [2.45, 2.75) is 25.4 Å². The molecule has 0 spiro atoms. The molecule has 0 unspecified atom stereocenters. The lowest BCUT2D eigenvalue weighted by atomic mass is 10.1. The number of nitrogens with one attached hydrogen (secondary N) is 2. The van der Waals surface area contributed by atoms with Gasteiger partial charge in [0, 0.05) is 25.7 Å². The molecule has 0 bridgehead atoms. The Morgan fingerprint density at radius 1 is 1.19 bits per heavy atom. The highest BCUT2D eigenvalue weighted by molar-refractivity contribution is 14.0. The number of alkyl halides is 3. The van der Waals surface area contributed by atoms with Crippen molar-refractivity contribution in [3.05, 3.63) is 35.4 Å². The van der Waals surface area contributed by atoms with Gasteiger partial charge in [-0.3, -0.25) is 4.99 Å². The zero-order valence-electron chi connectivity index (χ0n) is 15.4. The lowest BCUT2D eigenvalue weighted by Crippen LogP contribution is -2.42. The Morgan fingerprint density at radius 3 is 2.59 bits per heavy atom. The maximum absolute atomic E-state index is 12.7. The second-order valence-electron chi connectivity index (χ2n) is 6.14. The molecule has 1 aliphatic heterocycles. The first-order valence-electron chi connectivity index (χ1n) is 8.82. The number of hydrogen-bond acceptors (Lipinski definition) is 2. The maximum atomic E-state index is 12.7. The third-order valence-corrected chi connectivity index (χ3v) is 4.16. The SMILES string of the molecule is CN=C(NCC#Cc1cccc(C(F)(F)F)c1)NCCN1CCCCC1.I. The highest BCUT2D eigenvalue weighted by atomic mass is 127. The molecule has 4 nitrogen and oxygen atoms in total. The van der Waals surface area contributed by atoms with Crippen LogP contribution in [0.2, 0.25) is 0 Å². The van der Waals surface area contributed by atoms with Crippen molar-refractivity contribution >= 4 is 29.9 Å². The predicted molar refractivity (Wildman–Crippen MR) is 113 cm³/mol. The molecule has 1 aromatic carbocycles. The lowest BCUT2D eigenvalue weighted by molar-refractivity contribution is -0.137. The standard InChI is InChI=1S/C19H25F3N4.HI/c1-23-18(25-11-14-26-12-3-2-4-13-26)24-10-6-8-16-7-5-9-17(15-16)19(20,21)22;/h5,7,9,15H,2-4,10-14H2,1H3,(H2,23,24,25);1H. The molecule has 0 aromatic heterocycles. The Kier molecular flexibility index (Phi) is 10.5. The van der Waals surface area contributed by atoms with Gasteiger partial charge in [-0.2, -0.15) is 13.2 Å². The third-order valence-electron chi connectivity index (χ3n) is 4.16. The van der Waals surface area contributed by atoms with Gasteiger partial charge < -0.3 is 15.5 Å². The van der Waals surface area contributed by atoms with E-state index in [0.29, 0.717) is 18.1 Å². The molecule has 1 aromatic rings. The Balaban J connectivity index is 0.00000364. The summed E-state index contributed by atoms with van der Waals surface area (Å²) in [4.78, 5) is 6.55. The average molecular weight is 494 g/mol. The molecular formula is C19H26F3IN4. The summed E-state index contributed by atoms with van der Waals surface area (Å²) in [5.74, 6) is 6.21. The first-order valence-corrected chi connectivity index (χ1v) is 8.82. The van der Waals surface area contributed by atoms with Crippen molar-refractivity contribution in [1.29, 1.82) is 0 Å². The summed E-state index contributed by atoms with van der Waals surface area (Å²) in [6.45, 7) is 4.36. The van der Waals surface area contributed by atoms with Gasteiger partial charge in [-0.05, 0) is 44.1 Å². The first kappa shape index (κ1) is 23.6. The molecule has 1 heterocycles. The van der Waals surface area contributed by atoms with Crippen LogP contribution in [0, 0.1) is 11.8 Å². The number of hydrogen-bond donors (Lipinski definition) is 2. The number of halogens is 4. The topological polar surface area (TPSA) is 39.7 Å². The molecule has 2 N–H and O–H groups in total. The number of aliphatic imine (C=N–C) groups is 1. The van der Waals surface area contributed by atoms with Crippen LogP contribution in [0.15, 0.2) is 29.3 Å². The molecule has 150 valence electrons.